The molecule has 0 spiro atoms. The lowest BCUT2D eigenvalue weighted by molar-refractivity contribution is 0.192. The Labute approximate surface area is 118 Å². The molecule has 0 amide bonds. The van der Waals surface area contributed by atoms with Crippen LogP contribution in [0, 0.1) is 0 Å². The van der Waals surface area contributed by atoms with E-state index in [1.54, 1.807) is 6.26 Å². The lowest BCUT2D eigenvalue weighted by atomic mass is 10.2. The van der Waals surface area contributed by atoms with Crippen molar-refractivity contribution < 1.29 is 8.94 Å². The van der Waals surface area contributed by atoms with E-state index in [9.17, 15) is 0 Å². The second kappa shape index (κ2) is 6.19. The maximum Gasteiger partial charge on any atom is 0.293 e. The fraction of sp³-hybridized carbons (Fsp3) is 0.571. The monoisotopic (exact) mass is 276 g/mol. The molecule has 6 heteroatoms. The summed E-state index contributed by atoms with van der Waals surface area (Å²) < 4.78 is 10.5. The van der Waals surface area contributed by atoms with Crippen molar-refractivity contribution in [2.45, 2.75) is 32.4 Å². The molecule has 1 N–H and O–H groups in total. The van der Waals surface area contributed by atoms with Gasteiger partial charge < -0.3 is 14.3 Å². The highest BCUT2D eigenvalue weighted by molar-refractivity contribution is 5.42. The van der Waals surface area contributed by atoms with Crippen LogP contribution in [0.3, 0.4) is 0 Å². The smallest absolute Gasteiger partial charge is 0.293 e. The minimum absolute atomic E-state index is 0.450. The van der Waals surface area contributed by atoms with E-state index in [1.165, 1.54) is 6.42 Å². The van der Waals surface area contributed by atoms with E-state index in [0.717, 1.165) is 38.4 Å². The summed E-state index contributed by atoms with van der Waals surface area (Å²) in [6.45, 7) is 6.11. The quantitative estimate of drug-likeness (QED) is 0.869. The molecule has 3 heterocycles. The highest BCUT2D eigenvalue weighted by Crippen LogP contribution is 2.18. The molecule has 1 atom stereocenters. The lowest BCUT2D eigenvalue weighted by Crippen LogP contribution is -2.37. The number of rotatable bonds is 6. The first kappa shape index (κ1) is 13.3. The number of furan rings is 1. The molecule has 2 aromatic heterocycles. The fourth-order valence-electron chi connectivity index (χ4n) is 2.63. The minimum atomic E-state index is 0.450. The van der Waals surface area contributed by atoms with Gasteiger partial charge in [0.2, 0.25) is 0 Å². The normalized spacial score (nSPS) is 19.0. The van der Waals surface area contributed by atoms with Crippen molar-refractivity contribution in [3.63, 3.8) is 0 Å². The molecule has 1 fully saturated rings. The number of hydrogen-bond acceptors (Lipinski definition) is 6. The first-order valence-electron chi connectivity index (χ1n) is 7.18. The van der Waals surface area contributed by atoms with Gasteiger partial charge in [-0.05, 0) is 38.1 Å². The van der Waals surface area contributed by atoms with E-state index in [4.69, 9.17) is 8.94 Å². The Hall–Kier alpha value is -1.66. The van der Waals surface area contributed by atoms with Gasteiger partial charge in [-0.25, -0.2) is 0 Å². The highest BCUT2D eigenvalue weighted by atomic mass is 16.5. The maximum atomic E-state index is 5.27. The van der Waals surface area contributed by atoms with Crippen LogP contribution in [0.5, 0.6) is 0 Å². The average Bonchev–Trinajstić information content (AvgIpc) is 3.20. The molecule has 20 heavy (non-hydrogen) atoms. The van der Waals surface area contributed by atoms with Gasteiger partial charge in [0.25, 0.3) is 5.89 Å². The first-order chi connectivity index (χ1) is 9.86. The Kier molecular flexibility index (Phi) is 4.13. The molecule has 2 aromatic rings. The third-order valence-electron chi connectivity index (χ3n) is 3.61. The van der Waals surface area contributed by atoms with Crippen LogP contribution in [0.2, 0.25) is 0 Å². The molecule has 1 saturated heterocycles. The van der Waals surface area contributed by atoms with Crippen LogP contribution in [0.4, 0.5) is 0 Å². The predicted molar refractivity (Wildman–Crippen MR) is 74.0 cm³/mol. The van der Waals surface area contributed by atoms with Crippen molar-refractivity contribution in [3.05, 3.63) is 24.2 Å². The van der Waals surface area contributed by atoms with Crippen LogP contribution in [0.15, 0.2) is 27.3 Å². The third-order valence-corrected chi connectivity index (χ3v) is 3.61. The molecule has 1 aliphatic heterocycles. The summed E-state index contributed by atoms with van der Waals surface area (Å²) in [5.41, 5.74) is 0. The van der Waals surface area contributed by atoms with Crippen molar-refractivity contribution in [1.82, 2.24) is 20.4 Å². The van der Waals surface area contributed by atoms with Crippen LogP contribution in [0.1, 0.15) is 25.6 Å². The van der Waals surface area contributed by atoms with Gasteiger partial charge in [0.15, 0.2) is 11.6 Å². The Morgan fingerprint density at radius 1 is 1.50 bits per heavy atom. The molecule has 0 saturated carbocycles. The summed E-state index contributed by atoms with van der Waals surface area (Å²) in [4.78, 5) is 6.84. The van der Waals surface area contributed by atoms with Gasteiger partial charge >= 0.3 is 0 Å². The molecule has 1 unspecified atom stereocenters. The van der Waals surface area contributed by atoms with E-state index in [2.05, 4.69) is 27.3 Å². The first-order valence-corrected chi connectivity index (χ1v) is 7.18. The van der Waals surface area contributed by atoms with Gasteiger partial charge in [-0.15, -0.1) is 0 Å². The standard InChI is InChI=1S/C14H20N4O2/c1-2-7-18(11-5-6-15-9-11)10-13-16-14(20-17-13)12-4-3-8-19-12/h3-4,8,11,15H,2,5-7,9-10H2,1H3. The predicted octanol–water partition coefficient (Wildman–Crippen LogP) is 1.90. The van der Waals surface area contributed by atoms with Crippen molar-refractivity contribution in [1.29, 1.82) is 0 Å². The van der Waals surface area contributed by atoms with Crippen LogP contribution in [-0.2, 0) is 6.54 Å². The molecule has 1 aliphatic rings. The Bertz CT molecular complexity index is 517. The fourth-order valence-corrected chi connectivity index (χ4v) is 2.63. The van der Waals surface area contributed by atoms with E-state index in [0.29, 0.717) is 17.7 Å². The molecule has 6 nitrogen and oxygen atoms in total. The van der Waals surface area contributed by atoms with E-state index in [-0.39, 0.29) is 0 Å². The van der Waals surface area contributed by atoms with E-state index >= 15 is 0 Å². The third kappa shape index (κ3) is 2.91. The summed E-state index contributed by atoms with van der Waals surface area (Å²) in [5, 5.41) is 7.46. The van der Waals surface area contributed by atoms with Gasteiger partial charge in [-0.3, -0.25) is 4.90 Å². The summed E-state index contributed by atoms with van der Waals surface area (Å²) in [7, 11) is 0. The Morgan fingerprint density at radius 3 is 3.15 bits per heavy atom. The van der Waals surface area contributed by atoms with Gasteiger partial charge in [-0.1, -0.05) is 12.1 Å². The largest absolute Gasteiger partial charge is 0.459 e. The zero-order valence-corrected chi connectivity index (χ0v) is 11.7. The average molecular weight is 276 g/mol. The summed E-state index contributed by atoms with van der Waals surface area (Å²) in [6, 6.07) is 4.20. The molecule has 0 bridgehead atoms. The van der Waals surface area contributed by atoms with Crippen LogP contribution in [-0.4, -0.2) is 40.7 Å². The minimum Gasteiger partial charge on any atom is -0.459 e. The second-order valence-corrected chi connectivity index (χ2v) is 5.11. The number of hydrogen-bond donors (Lipinski definition) is 1. The molecule has 0 aromatic carbocycles. The van der Waals surface area contributed by atoms with Crippen LogP contribution >= 0.6 is 0 Å². The lowest BCUT2D eigenvalue weighted by Gasteiger charge is -2.26. The summed E-state index contributed by atoms with van der Waals surface area (Å²) in [6.07, 6.45) is 3.91. The molecular weight excluding hydrogens is 256 g/mol. The Morgan fingerprint density at radius 2 is 2.45 bits per heavy atom. The van der Waals surface area contributed by atoms with Crippen molar-refractivity contribution in [2.75, 3.05) is 19.6 Å². The topological polar surface area (TPSA) is 67.3 Å². The zero-order valence-electron chi connectivity index (χ0n) is 11.7. The summed E-state index contributed by atoms with van der Waals surface area (Å²) >= 11 is 0. The van der Waals surface area contributed by atoms with E-state index in [1.807, 2.05) is 12.1 Å². The van der Waals surface area contributed by atoms with Crippen molar-refractivity contribution in [2.24, 2.45) is 0 Å². The summed E-state index contributed by atoms with van der Waals surface area (Å²) in [5.74, 6) is 1.79. The molecule has 3 rings (SSSR count). The SMILES string of the molecule is CCCN(Cc1noc(-c2ccco2)n1)C1CCNC1. The highest BCUT2D eigenvalue weighted by Gasteiger charge is 2.23. The zero-order chi connectivity index (χ0) is 13.8. The number of nitrogens with one attached hydrogen (secondary N) is 1. The van der Waals surface area contributed by atoms with Gasteiger partial charge in [0.1, 0.15) is 0 Å². The Balaban J connectivity index is 1.68. The molecular formula is C14H20N4O2. The van der Waals surface area contributed by atoms with Gasteiger partial charge in [-0.2, -0.15) is 4.98 Å². The second-order valence-electron chi connectivity index (χ2n) is 5.11. The molecule has 0 radical (unpaired) electrons. The van der Waals surface area contributed by atoms with Crippen molar-refractivity contribution >= 4 is 0 Å². The van der Waals surface area contributed by atoms with Gasteiger partial charge in [0.05, 0.1) is 12.8 Å². The molecule has 0 aliphatic carbocycles. The van der Waals surface area contributed by atoms with Gasteiger partial charge in [0, 0.05) is 12.6 Å². The molecule has 108 valence electrons. The van der Waals surface area contributed by atoms with E-state index < -0.39 is 0 Å². The maximum absolute atomic E-state index is 5.27. The van der Waals surface area contributed by atoms with Crippen LogP contribution in [0.25, 0.3) is 11.7 Å². The van der Waals surface area contributed by atoms with Crippen molar-refractivity contribution in [3.8, 4) is 11.7 Å². The number of aromatic nitrogens is 2. The van der Waals surface area contributed by atoms with Crippen LogP contribution < -0.4 is 5.32 Å². The number of nitrogens with zero attached hydrogens (tertiary/aromatic N) is 3.